The van der Waals surface area contributed by atoms with E-state index in [2.05, 4.69) is 133 Å². The predicted molar refractivity (Wildman–Crippen MR) is 427 cm³/mol. The molecule has 0 radical (unpaired) electrons. The van der Waals surface area contributed by atoms with Gasteiger partial charge in [-0.25, -0.2) is 64.2 Å². The molecule has 4 aromatic carbocycles. The third kappa shape index (κ3) is 20.4. The third-order valence-electron chi connectivity index (χ3n) is 18.4. The third-order valence-corrected chi connectivity index (χ3v) is 18.4. The van der Waals surface area contributed by atoms with Gasteiger partial charge in [-0.2, -0.15) is 73.1 Å². The number of pyridine rings is 4. The first-order valence-electron chi connectivity index (χ1n) is 37.2. The van der Waals surface area contributed by atoms with Gasteiger partial charge in [0, 0.05) is 101 Å². The zero-order chi connectivity index (χ0) is 85.0. The molecule has 0 spiro atoms. The fraction of sp³-hybridized carbons (Fsp3) is 0.195. The smallest absolute Gasteiger partial charge is 0.379 e. The maximum atomic E-state index is 13.7. The van der Waals surface area contributed by atoms with Gasteiger partial charge in [0.05, 0.1) is 63.2 Å². The summed E-state index contributed by atoms with van der Waals surface area (Å²) in [5.41, 5.74) is 0.689. The molecule has 13 heterocycles. The van der Waals surface area contributed by atoms with Crippen LogP contribution in [0.4, 0.5) is 104 Å². The number of hydrogen-bond donors (Lipinski definition) is 8. The van der Waals surface area contributed by atoms with E-state index in [-0.39, 0.29) is 57.0 Å². The first kappa shape index (κ1) is 83.1. The second-order valence-corrected chi connectivity index (χ2v) is 26.9. The lowest BCUT2D eigenvalue weighted by atomic mass is 10.1. The van der Waals surface area contributed by atoms with Crippen LogP contribution in [0.3, 0.4) is 0 Å². The monoisotopic (exact) mass is 1670 g/mol. The Hall–Kier alpha value is -14.4. The van der Waals surface area contributed by atoms with Gasteiger partial charge in [-0.1, -0.05) is 85.8 Å². The summed E-state index contributed by atoms with van der Waals surface area (Å²) >= 11 is 0. The molecule has 1 aliphatic heterocycles. The molecule has 12 aromatic heterocycles. The number of allylic oxidation sites excluding steroid dienone is 1. The van der Waals surface area contributed by atoms with E-state index >= 15 is 0 Å². The Morgan fingerprint density at radius 2 is 0.760 bits per heavy atom. The molecule has 0 aliphatic carbocycles. The summed E-state index contributed by atoms with van der Waals surface area (Å²) in [6.07, 6.45) is -7.32. The summed E-state index contributed by atoms with van der Waals surface area (Å²) in [5.74, 6) is 2.70. The van der Waals surface area contributed by atoms with Crippen LogP contribution < -0.4 is 21.3 Å². The van der Waals surface area contributed by atoms with Crippen LogP contribution in [-0.4, -0.2) is 138 Å². The number of alkyl halides is 12. The van der Waals surface area contributed by atoms with Crippen LogP contribution >= 0.6 is 0 Å². The number of ether oxygens (including phenoxy) is 1. The molecule has 1 saturated heterocycles. The number of nitrogens with one attached hydrogen (secondary N) is 8. The van der Waals surface area contributed by atoms with Gasteiger partial charge in [-0.15, -0.1) is 6.58 Å². The minimum Gasteiger partial charge on any atom is -0.379 e. The molecule has 16 aromatic rings. The van der Waals surface area contributed by atoms with Crippen molar-refractivity contribution < 1.29 is 61.8 Å². The summed E-state index contributed by atoms with van der Waals surface area (Å²) in [4.78, 5) is 53.3. The quantitative estimate of drug-likeness (QED) is 0.0260. The van der Waals surface area contributed by atoms with E-state index in [9.17, 15) is 57.1 Å². The van der Waals surface area contributed by atoms with Gasteiger partial charge in [-0.05, 0) is 112 Å². The van der Waals surface area contributed by atoms with Crippen molar-refractivity contribution in [3.63, 3.8) is 0 Å². The normalized spacial score (nSPS) is 12.6. The Morgan fingerprint density at radius 1 is 0.413 bits per heavy atom. The van der Waals surface area contributed by atoms with Crippen LogP contribution in [-0.2, 0) is 48.7 Å². The van der Waals surface area contributed by atoms with Crippen LogP contribution in [0.15, 0.2) is 201 Å². The number of nitrogens with zero attached hydrogens (tertiary/aromatic N) is 17. The van der Waals surface area contributed by atoms with Crippen molar-refractivity contribution in [2.24, 2.45) is 0 Å². The second-order valence-electron chi connectivity index (χ2n) is 26.9. The van der Waals surface area contributed by atoms with Gasteiger partial charge in [-0.3, -0.25) is 25.3 Å². The van der Waals surface area contributed by atoms with Crippen LogP contribution in [0.5, 0.6) is 0 Å². The molecule has 1 fully saturated rings. The van der Waals surface area contributed by atoms with Crippen molar-refractivity contribution >= 4 is 90.7 Å². The van der Waals surface area contributed by atoms with E-state index in [0.717, 1.165) is 72.7 Å². The molecule has 0 amide bonds. The predicted octanol–water partition coefficient (Wildman–Crippen LogP) is 19.1. The van der Waals surface area contributed by atoms with Gasteiger partial charge < -0.3 is 26.0 Å². The number of H-pyrrole nitrogens is 4. The Labute approximate surface area is 677 Å². The highest BCUT2D eigenvalue weighted by Gasteiger charge is 2.38. The first-order valence-corrected chi connectivity index (χ1v) is 37.2. The lowest BCUT2D eigenvalue weighted by Gasteiger charge is -2.26. The van der Waals surface area contributed by atoms with E-state index in [4.69, 9.17) is 4.74 Å². The van der Waals surface area contributed by atoms with Crippen molar-refractivity contribution in [1.82, 2.24) is 105 Å². The number of hydrogen-bond acceptors (Lipinski definition) is 22. The highest BCUT2D eigenvalue weighted by molar-refractivity contribution is 5.91. The number of morpholine rings is 1. The van der Waals surface area contributed by atoms with Crippen molar-refractivity contribution in [2.45, 2.75) is 70.7 Å². The molecule has 8 N–H and O–H groups in total. The number of fused-ring (bicyclic) bond motifs is 4. The fourth-order valence-electron chi connectivity index (χ4n) is 12.8. The maximum Gasteiger partial charge on any atom is 0.417 e. The van der Waals surface area contributed by atoms with Gasteiger partial charge in [0.15, 0.2) is 45.9 Å². The number of aromatic nitrogens is 20. The molecule has 618 valence electrons. The largest absolute Gasteiger partial charge is 0.417 e. The Balaban J connectivity index is 0.000000132. The van der Waals surface area contributed by atoms with Crippen LogP contribution in [0.1, 0.15) is 64.8 Å². The van der Waals surface area contributed by atoms with E-state index in [0.29, 0.717) is 125 Å². The van der Waals surface area contributed by atoms with Crippen LogP contribution in [0.2, 0.25) is 0 Å². The molecule has 26 nitrogen and oxygen atoms in total. The highest BCUT2D eigenvalue weighted by atomic mass is 19.4. The second kappa shape index (κ2) is 36.2. The average molecular weight is 1670 g/mol. The Morgan fingerprint density at radius 3 is 1.15 bits per heavy atom. The van der Waals surface area contributed by atoms with Gasteiger partial charge >= 0.3 is 24.7 Å². The van der Waals surface area contributed by atoms with Crippen molar-refractivity contribution in [2.75, 3.05) is 54.1 Å². The standard InChI is InChI=1S/C24H24F3N7O.C21H17F3N6.C19H15F3N6.C18H12F4N6/c25-24(26,27)19-8-2-1-6-17(19)22-29-16(5-4-10-34-11-13-35-14-12-34)15-20(30-22)31-23-18-7-3-9-28-21(18)32-33-23;1-2-3-7-13-12-17(28-20-15-9-6-11-25-18(15)29-30-20)27-19(26-13)14-8-4-5-10-16(14)21(22,23)24;1-2-11-10-15(26-18-13-7-5-9-23-16(13)27-28-18)25-17(24-11)12-6-3-4-8-14(12)19(20,21)22;1-9-6-14(26-17-12-7-10(19)8-23-15(12)27-28-17)25-16(24-9)11-4-2-3-5-13(11)18(20,21)22/h1-3,6-9,15H,4-5,10-14H2,(H2,28,29,30,31,32,33);2,4-6,8-12H,1,3,7H2,(H2,25,26,27,28,29,30);3-10H,2H2,1H3,(H2,23,24,25,26,27,28);2-8H,1H3,(H2,23,24,25,26,27,28). The number of benzene rings is 4. The summed E-state index contributed by atoms with van der Waals surface area (Å²) in [6, 6.07) is 39.8. The number of aryl methyl sites for hydroxylation is 4. The Bertz CT molecular complexity index is 6320. The van der Waals surface area contributed by atoms with Crippen molar-refractivity contribution in [3.05, 3.63) is 252 Å². The molecule has 0 unspecified atom stereocenters. The molecule has 0 bridgehead atoms. The van der Waals surface area contributed by atoms with Crippen LogP contribution in [0.25, 0.3) is 89.7 Å². The molecule has 0 atom stereocenters. The van der Waals surface area contributed by atoms with Crippen molar-refractivity contribution in [1.29, 1.82) is 0 Å². The van der Waals surface area contributed by atoms with Gasteiger partial charge in [0.2, 0.25) is 0 Å². The highest BCUT2D eigenvalue weighted by Crippen LogP contribution is 2.42. The van der Waals surface area contributed by atoms with E-state index in [1.807, 2.05) is 25.1 Å². The van der Waals surface area contributed by atoms with E-state index in [1.165, 1.54) is 72.8 Å². The first-order chi connectivity index (χ1) is 58.2. The summed E-state index contributed by atoms with van der Waals surface area (Å²) in [7, 11) is 0. The SMILES string of the molecule is C=CCCc1cc(Nc2[nH]nc3ncccc23)nc(-c2ccccc2C(F)(F)F)n1.CCc1cc(Nc2[nH]nc3ncccc23)nc(-c2ccccc2C(F)(F)F)n1.Cc1cc(Nc2[nH]nc3ncc(F)cc23)nc(-c2ccccc2C(F)(F)F)n1.FC(F)(F)c1ccccc1-c1nc(CCCN2CCOCC2)cc(Nc2[nH]nc3ncccc23)n1. The number of aromatic amines is 4. The fourth-order valence-corrected chi connectivity index (χ4v) is 12.8. The van der Waals surface area contributed by atoms with E-state index in [1.54, 1.807) is 80.1 Å². The topological polar surface area (TPSA) is 330 Å². The molecule has 0 saturated carbocycles. The van der Waals surface area contributed by atoms with Gasteiger partial charge in [0.25, 0.3) is 0 Å². The Kier molecular flexibility index (Phi) is 24.9. The molecule has 1 aliphatic rings. The summed E-state index contributed by atoms with van der Waals surface area (Å²) in [5, 5.41) is 42.4. The summed E-state index contributed by atoms with van der Waals surface area (Å²) < 4.78 is 181. The minimum absolute atomic E-state index is 0.00562. The maximum absolute atomic E-state index is 13.7. The minimum atomic E-state index is -4.54. The number of anilines is 8. The van der Waals surface area contributed by atoms with Crippen LogP contribution in [0, 0.1) is 12.7 Å². The van der Waals surface area contributed by atoms with Gasteiger partial charge in [0.1, 0.15) is 52.4 Å². The lowest BCUT2D eigenvalue weighted by molar-refractivity contribution is -0.137. The zero-order valence-corrected chi connectivity index (χ0v) is 63.7. The zero-order valence-electron chi connectivity index (χ0n) is 63.7. The number of halogens is 13. The molecule has 121 heavy (non-hydrogen) atoms. The molecule has 39 heteroatoms. The van der Waals surface area contributed by atoms with E-state index < -0.39 is 52.8 Å². The number of rotatable bonds is 20. The summed E-state index contributed by atoms with van der Waals surface area (Å²) in [6.45, 7) is 11.3. The lowest BCUT2D eigenvalue weighted by Crippen LogP contribution is -2.36. The molecule has 17 rings (SSSR count). The molecular formula is C82H68F13N25O. The van der Waals surface area contributed by atoms with Crippen molar-refractivity contribution in [3.8, 4) is 45.6 Å². The molecular weight excluding hydrogens is 1600 g/mol. The average Bonchev–Trinajstić information content (AvgIpc) is 1.62.